The molecule has 3 heteroatoms. The molecule has 0 fully saturated rings. The van der Waals surface area contributed by atoms with Crippen LogP contribution in [0.15, 0.2) is 67.0 Å². The van der Waals surface area contributed by atoms with Gasteiger partial charge in [-0.3, -0.25) is 9.97 Å². The Labute approximate surface area is 124 Å². The summed E-state index contributed by atoms with van der Waals surface area (Å²) in [4.78, 5) is 8.71. The summed E-state index contributed by atoms with van der Waals surface area (Å²) in [6.07, 6.45) is 3.55. The minimum Gasteiger partial charge on any atom is -0.485 e. The molecule has 2 heterocycles. The first-order chi connectivity index (χ1) is 10.3. The van der Waals surface area contributed by atoms with Crippen molar-refractivity contribution < 1.29 is 4.74 Å². The highest BCUT2D eigenvalue weighted by Crippen LogP contribution is 2.28. The summed E-state index contributed by atoms with van der Waals surface area (Å²) >= 11 is 0. The number of hydrogen-bond donors (Lipinski definition) is 0. The number of rotatable bonds is 4. The molecular weight excluding hydrogens is 260 g/mol. The predicted octanol–water partition coefficient (Wildman–Crippen LogP) is 4.03. The van der Waals surface area contributed by atoms with Gasteiger partial charge in [0.05, 0.1) is 5.69 Å². The lowest BCUT2D eigenvalue weighted by atomic mass is 10.1. The zero-order valence-electron chi connectivity index (χ0n) is 11.9. The minimum absolute atomic E-state index is 0.436. The first-order valence-electron chi connectivity index (χ1n) is 6.88. The molecule has 3 nitrogen and oxygen atoms in total. The molecule has 0 saturated heterocycles. The molecule has 1 aromatic carbocycles. The predicted molar refractivity (Wildman–Crippen MR) is 83.0 cm³/mol. The molecule has 0 radical (unpaired) electrons. The third kappa shape index (κ3) is 3.26. The van der Waals surface area contributed by atoms with Gasteiger partial charge in [0.25, 0.3) is 0 Å². The zero-order valence-corrected chi connectivity index (χ0v) is 11.9. The Hall–Kier alpha value is -2.68. The highest BCUT2D eigenvalue weighted by molar-refractivity contribution is 5.66. The maximum atomic E-state index is 5.88. The van der Waals surface area contributed by atoms with Crippen LogP contribution in [-0.2, 0) is 6.61 Å². The van der Waals surface area contributed by atoms with Crippen LogP contribution in [-0.4, -0.2) is 9.97 Å². The van der Waals surface area contributed by atoms with Crippen LogP contribution in [0.1, 0.15) is 11.3 Å². The van der Waals surface area contributed by atoms with Gasteiger partial charge in [0.15, 0.2) is 0 Å². The molecule has 3 aromatic rings. The largest absolute Gasteiger partial charge is 0.485 e. The Morgan fingerprint density at radius 3 is 2.43 bits per heavy atom. The molecule has 3 rings (SSSR count). The van der Waals surface area contributed by atoms with Gasteiger partial charge in [0.2, 0.25) is 0 Å². The number of nitrogens with zero attached hydrogens (tertiary/aromatic N) is 2. The Kier molecular flexibility index (Phi) is 3.92. The summed E-state index contributed by atoms with van der Waals surface area (Å²) < 4.78 is 5.88. The van der Waals surface area contributed by atoms with Crippen molar-refractivity contribution in [2.75, 3.05) is 0 Å². The first kappa shape index (κ1) is 13.3. The number of aryl methyl sites for hydroxylation is 1. The molecule has 0 aliphatic heterocycles. The molecule has 0 aliphatic rings. The van der Waals surface area contributed by atoms with E-state index in [4.69, 9.17) is 4.74 Å². The monoisotopic (exact) mass is 276 g/mol. The Bertz CT molecular complexity index is 709. The maximum absolute atomic E-state index is 5.88. The number of pyridine rings is 2. The molecule has 0 aliphatic carbocycles. The van der Waals surface area contributed by atoms with E-state index in [0.29, 0.717) is 6.61 Å². The summed E-state index contributed by atoms with van der Waals surface area (Å²) in [6.45, 7) is 2.51. The molecular formula is C18H16N2O. The van der Waals surface area contributed by atoms with Crippen LogP contribution in [0, 0.1) is 6.92 Å². The second kappa shape index (κ2) is 6.18. The van der Waals surface area contributed by atoms with E-state index in [2.05, 4.69) is 41.2 Å². The van der Waals surface area contributed by atoms with Gasteiger partial charge in [-0.1, -0.05) is 35.9 Å². The molecule has 0 N–H and O–H groups in total. The quantitative estimate of drug-likeness (QED) is 0.721. The van der Waals surface area contributed by atoms with E-state index in [1.807, 2.05) is 30.3 Å². The molecule has 2 aromatic heterocycles. The standard InChI is InChI=1S/C18H16N2O/c1-14-7-9-15(10-8-14)18-17(6-4-12-20-18)21-13-16-5-2-3-11-19-16/h2-12H,13H2,1H3. The lowest BCUT2D eigenvalue weighted by Gasteiger charge is -2.10. The summed E-state index contributed by atoms with van der Waals surface area (Å²) in [5, 5.41) is 0. The van der Waals surface area contributed by atoms with Crippen LogP contribution >= 0.6 is 0 Å². The van der Waals surface area contributed by atoms with Gasteiger partial charge in [0.1, 0.15) is 18.1 Å². The van der Waals surface area contributed by atoms with Crippen LogP contribution in [0.2, 0.25) is 0 Å². The van der Waals surface area contributed by atoms with Gasteiger partial charge in [0, 0.05) is 18.0 Å². The Morgan fingerprint density at radius 1 is 0.857 bits per heavy atom. The summed E-state index contributed by atoms with van der Waals surface area (Å²) in [5.41, 5.74) is 4.03. The van der Waals surface area contributed by atoms with E-state index >= 15 is 0 Å². The fourth-order valence-electron chi connectivity index (χ4n) is 2.07. The van der Waals surface area contributed by atoms with Crippen molar-refractivity contribution in [1.82, 2.24) is 9.97 Å². The van der Waals surface area contributed by atoms with Gasteiger partial charge in [-0.05, 0) is 31.2 Å². The fraction of sp³-hybridized carbons (Fsp3) is 0.111. The molecule has 104 valence electrons. The van der Waals surface area contributed by atoms with E-state index in [1.54, 1.807) is 12.4 Å². The molecule has 0 bridgehead atoms. The van der Waals surface area contributed by atoms with Crippen molar-refractivity contribution in [1.29, 1.82) is 0 Å². The second-order valence-electron chi connectivity index (χ2n) is 4.83. The van der Waals surface area contributed by atoms with Crippen LogP contribution in [0.3, 0.4) is 0 Å². The lowest BCUT2D eigenvalue weighted by Crippen LogP contribution is -1.99. The van der Waals surface area contributed by atoms with Gasteiger partial charge < -0.3 is 4.74 Å². The van der Waals surface area contributed by atoms with Crippen LogP contribution in [0.25, 0.3) is 11.3 Å². The molecule has 0 saturated carbocycles. The van der Waals surface area contributed by atoms with Crippen molar-refractivity contribution in [2.45, 2.75) is 13.5 Å². The van der Waals surface area contributed by atoms with Crippen LogP contribution < -0.4 is 4.74 Å². The summed E-state index contributed by atoms with van der Waals surface area (Å²) in [6, 6.07) is 17.9. The van der Waals surface area contributed by atoms with Gasteiger partial charge in [-0.15, -0.1) is 0 Å². The smallest absolute Gasteiger partial charge is 0.146 e. The maximum Gasteiger partial charge on any atom is 0.146 e. The van der Waals surface area contributed by atoms with E-state index in [1.165, 1.54) is 5.56 Å². The number of benzene rings is 1. The highest BCUT2D eigenvalue weighted by Gasteiger charge is 2.07. The summed E-state index contributed by atoms with van der Waals surface area (Å²) in [5.74, 6) is 0.770. The van der Waals surface area contributed by atoms with E-state index < -0.39 is 0 Å². The minimum atomic E-state index is 0.436. The normalized spacial score (nSPS) is 10.3. The number of hydrogen-bond acceptors (Lipinski definition) is 3. The van der Waals surface area contributed by atoms with Crippen LogP contribution in [0.4, 0.5) is 0 Å². The third-order valence-electron chi connectivity index (χ3n) is 3.20. The lowest BCUT2D eigenvalue weighted by molar-refractivity contribution is 0.301. The van der Waals surface area contributed by atoms with Crippen molar-refractivity contribution in [3.8, 4) is 17.0 Å². The molecule has 0 amide bonds. The molecule has 0 unspecified atom stereocenters. The Balaban J connectivity index is 1.84. The van der Waals surface area contributed by atoms with Crippen LogP contribution in [0.5, 0.6) is 5.75 Å². The van der Waals surface area contributed by atoms with Crippen molar-refractivity contribution in [2.24, 2.45) is 0 Å². The van der Waals surface area contributed by atoms with Crippen molar-refractivity contribution in [3.63, 3.8) is 0 Å². The fourth-order valence-corrected chi connectivity index (χ4v) is 2.07. The van der Waals surface area contributed by atoms with E-state index in [9.17, 15) is 0 Å². The van der Waals surface area contributed by atoms with E-state index in [-0.39, 0.29) is 0 Å². The van der Waals surface area contributed by atoms with Gasteiger partial charge in [-0.25, -0.2) is 0 Å². The second-order valence-corrected chi connectivity index (χ2v) is 4.83. The number of ether oxygens (including phenoxy) is 1. The van der Waals surface area contributed by atoms with Gasteiger partial charge in [-0.2, -0.15) is 0 Å². The third-order valence-corrected chi connectivity index (χ3v) is 3.20. The topological polar surface area (TPSA) is 35.0 Å². The SMILES string of the molecule is Cc1ccc(-c2ncccc2OCc2ccccn2)cc1. The van der Waals surface area contributed by atoms with Crippen molar-refractivity contribution >= 4 is 0 Å². The molecule has 0 spiro atoms. The zero-order chi connectivity index (χ0) is 14.5. The van der Waals surface area contributed by atoms with Crippen molar-refractivity contribution in [3.05, 3.63) is 78.2 Å². The summed E-state index contributed by atoms with van der Waals surface area (Å²) in [7, 11) is 0. The highest BCUT2D eigenvalue weighted by atomic mass is 16.5. The van der Waals surface area contributed by atoms with Gasteiger partial charge >= 0.3 is 0 Å². The average molecular weight is 276 g/mol. The Morgan fingerprint density at radius 2 is 1.67 bits per heavy atom. The average Bonchev–Trinajstić information content (AvgIpc) is 2.55. The van der Waals surface area contributed by atoms with E-state index in [0.717, 1.165) is 22.7 Å². The molecule has 21 heavy (non-hydrogen) atoms. The first-order valence-corrected chi connectivity index (χ1v) is 6.88. The molecule has 0 atom stereocenters. The number of aromatic nitrogens is 2.